The molecule has 0 fully saturated rings. The molecule has 1 aliphatic rings. The Morgan fingerprint density at radius 2 is 1.64 bits per heavy atom. The van der Waals surface area contributed by atoms with Crippen molar-refractivity contribution in [3.63, 3.8) is 0 Å². The highest BCUT2D eigenvalue weighted by Gasteiger charge is 2.34. The summed E-state index contributed by atoms with van der Waals surface area (Å²) in [6.07, 6.45) is 0.270. The van der Waals surface area contributed by atoms with E-state index in [2.05, 4.69) is 10.6 Å². The fourth-order valence-electron chi connectivity index (χ4n) is 4.04. The highest BCUT2D eigenvalue weighted by atomic mass is 16.5. The van der Waals surface area contributed by atoms with Gasteiger partial charge in [-0.3, -0.25) is 19.3 Å². The number of methoxy groups -OCH3 is 1. The van der Waals surface area contributed by atoms with Gasteiger partial charge in [0.1, 0.15) is 12.6 Å². The van der Waals surface area contributed by atoms with Crippen molar-refractivity contribution in [1.29, 1.82) is 0 Å². The number of rotatable bonds is 16. The van der Waals surface area contributed by atoms with Gasteiger partial charge in [0.2, 0.25) is 0 Å². The second-order valence-electron chi connectivity index (χ2n) is 9.00. The van der Waals surface area contributed by atoms with Crippen molar-refractivity contribution in [2.24, 2.45) is 0 Å². The Kier molecular flexibility index (Phi) is 11.9. The average molecular weight is 542 g/mol. The molecule has 2 unspecified atom stereocenters. The molecule has 3 amide bonds. The quantitative estimate of drug-likeness (QED) is 0.165. The number of alkyl carbamates (subject to hydrolysis) is 1. The number of carbonyl (C=O) groups is 4. The highest BCUT2D eigenvalue weighted by Crippen LogP contribution is 2.21. The monoisotopic (exact) mass is 541 g/mol. The summed E-state index contributed by atoms with van der Waals surface area (Å²) < 4.78 is 15.5. The maximum Gasteiger partial charge on any atom is 0.407 e. The number of carbonyl (C=O) groups excluding carboxylic acids is 4. The number of imide groups is 1. The average Bonchev–Trinajstić information content (AvgIpc) is 3.20. The van der Waals surface area contributed by atoms with E-state index in [0.29, 0.717) is 36.9 Å². The molecule has 0 aromatic heterocycles. The molecule has 11 nitrogen and oxygen atoms in total. The first-order valence-corrected chi connectivity index (χ1v) is 12.9. The van der Waals surface area contributed by atoms with Crippen LogP contribution >= 0.6 is 0 Å². The number of hydrogen-bond acceptors (Lipinski definition) is 9. The molecule has 0 saturated carbocycles. The number of ether oxygens (including phenoxy) is 3. The van der Waals surface area contributed by atoms with Crippen LogP contribution in [-0.4, -0.2) is 86.0 Å². The van der Waals surface area contributed by atoms with E-state index in [4.69, 9.17) is 14.2 Å². The molecule has 1 aliphatic heterocycles. The van der Waals surface area contributed by atoms with E-state index in [1.807, 2.05) is 30.3 Å². The summed E-state index contributed by atoms with van der Waals surface area (Å²) in [5.41, 5.74) is 1.65. The SMILES string of the molecule is COC(=O)C(CCCCNC(=O)OCc1ccccc1)NCC(O)COCCN1C(=O)c2ccccc2C1=O. The molecule has 2 aromatic carbocycles. The maximum atomic E-state index is 12.4. The van der Waals surface area contributed by atoms with E-state index < -0.39 is 24.2 Å². The molecule has 1 heterocycles. The minimum absolute atomic E-state index is 0.0426. The topological polar surface area (TPSA) is 144 Å². The van der Waals surface area contributed by atoms with Crippen LogP contribution in [0.3, 0.4) is 0 Å². The molecule has 210 valence electrons. The van der Waals surface area contributed by atoms with Crippen molar-refractivity contribution in [2.45, 2.75) is 38.0 Å². The van der Waals surface area contributed by atoms with Crippen molar-refractivity contribution < 1.29 is 38.5 Å². The number of unbranched alkanes of at least 4 members (excludes halogenated alkanes) is 1. The lowest BCUT2D eigenvalue weighted by Crippen LogP contribution is -2.43. The third-order valence-corrected chi connectivity index (χ3v) is 6.13. The molecule has 3 N–H and O–H groups in total. The molecular weight excluding hydrogens is 506 g/mol. The predicted octanol–water partition coefficient (Wildman–Crippen LogP) is 1.89. The third kappa shape index (κ3) is 9.17. The lowest BCUT2D eigenvalue weighted by molar-refractivity contribution is -0.143. The van der Waals surface area contributed by atoms with E-state index in [9.17, 15) is 24.3 Å². The first-order chi connectivity index (χ1) is 18.9. The number of nitrogens with zero attached hydrogens (tertiary/aromatic N) is 1. The van der Waals surface area contributed by atoms with Crippen LogP contribution < -0.4 is 10.6 Å². The van der Waals surface area contributed by atoms with E-state index >= 15 is 0 Å². The zero-order valence-electron chi connectivity index (χ0n) is 22.0. The van der Waals surface area contributed by atoms with Crippen LogP contribution in [0.2, 0.25) is 0 Å². The molecule has 0 saturated heterocycles. The molecule has 0 spiro atoms. The van der Waals surface area contributed by atoms with Crippen LogP contribution in [0.1, 0.15) is 45.5 Å². The molecule has 0 bridgehead atoms. The van der Waals surface area contributed by atoms with Crippen molar-refractivity contribution in [2.75, 3.05) is 40.0 Å². The van der Waals surface area contributed by atoms with Crippen LogP contribution in [0, 0.1) is 0 Å². The third-order valence-electron chi connectivity index (χ3n) is 6.13. The smallest absolute Gasteiger partial charge is 0.407 e. The molecule has 2 aromatic rings. The maximum absolute atomic E-state index is 12.4. The first-order valence-electron chi connectivity index (χ1n) is 12.9. The molecular formula is C28H35N3O8. The Bertz CT molecular complexity index is 1080. The molecule has 39 heavy (non-hydrogen) atoms. The van der Waals surface area contributed by atoms with E-state index in [-0.39, 0.29) is 44.7 Å². The zero-order chi connectivity index (χ0) is 28.0. The van der Waals surface area contributed by atoms with Gasteiger partial charge >= 0.3 is 12.1 Å². The minimum atomic E-state index is -0.916. The van der Waals surface area contributed by atoms with Gasteiger partial charge in [-0.15, -0.1) is 0 Å². The minimum Gasteiger partial charge on any atom is -0.468 e. The van der Waals surface area contributed by atoms with Gasteiger partial charge in [-0.25, -0.2) is 4.79 Å². The fraction of sp³-hybridized carbons (Fsp3) is 0.429. The second-order valence-corrected chi connectivity index (χ2v) is 9.00. The summed E-state index contributed by atoms with van der Waals surface area (Å²) in [7, 11) is 1.29. The summed E-state index contributed by atoms with van der Waals surface area (Å²) in [4.78, 5) is 49.8. The highest BCUT2D eigenvalue weighted by molar-refractivity contribution is 6.21. The Hall–Kier alpha value is -3.80. The molecule has 0 aliphatic carbocycles. The van der Waals surface area contributed by atoms with E-state index in [1.165, 1.54) is 7.11 Å². The van der Waals surface area contributed by atoms with Gasteiger partial charge < -0.3 is 30.0 Å². The summed E-state index contributed by atoms with van der Waals surface area (Å²) >= 11 is 0. The molecule has 11 heteroatoms. The molecule has 3 rings (SSSR count). The number of aliphatic hydroxyl groups excluding tert-OH is 1. The number of nitrogens with one attached hydrogen (secondary N) is 2. The van der Waals surface area contributed by atoms with Gasteiger partial charge in [-0.05, 0) is 37.0 Å². The summed E-state index contributed by atoms with van der Waals surface area (Å²) in [5.74, 6) is -1.17. The summed E-state index contributed by atoms with van der Waals surface area (Å²) in [5, 5.41) is 15.9. The van der Waals surface area contributed by atoms with E-state index in [0.717, 1.165) is 10.5 Å². The van der Waals surface area contributed by atoms with Crippen LogP contribution in [0.15, 0.2) is 54.6 Å². The van der Waals surface area contributed by atoms with Crippen LogP contribution in [0.5, 0.6) is 0 Å². The lowest BCUT2D eigenvalue weighted by atomic mass is 10.1. The fourth-order valence-corrected chi connectivity index (χ4v) is 4.04. The number of esters is 1. The second kappa shape index (κ2) is 15.6. The number of fused-ring (bicyclic) bond motifs is 1. The number of benzene rings is 2. The van der Waals surface area contributed by atoms with Gasteiger partial charge in [0.15, 0.2) is 0 Å². The number of hydrogen-bond donors (Lipinski definition) is 3. The van der Waals surface area contributed by atoms with Gasteiger partial charge in [-0.2, -0.15) is 0 Å². The van der Waals surface area contributed by atoms with Crippen LogP contribution in [-0.2, 0) is 25.6 Å². The largest absolute Gasteiger partial charge is 0.468 e. The van der Waals surface area contributed by atoms with Crippen LogP contribution in [0.25, 0.3) is 0 Å². The standard InChI is InChI=1S/C28H35N3O8/c1-37-27(35)24(13-7-8-14-29-28(36)39-18-20-9-3-2-4-10-20)30-17-21(32)19-38-16-15-31-25(33)22-11-5-6-12-23(22)26(31)34/h2-6,9-12,21,24,30,32H,7-8,13-19H2,1H3,(H,29,36). The van der Waals surface area contributed by atoms with Crippen molar-refractivity contribution >= 4 is 23.9 Å². The predicted molar refractivity (Wildman–Crippen MR) is 141 cm³/mol. The summed E-state index contributed by atoms with van der Waals surface area (Å²) in [6.45, 7) is 0.770. The first kappa shape index (κ1) is 29.8. The normalized spacial score (nSPS) is 14.1. The van der Waals surface area contributed by atoms with Gasteiger partial charge in [0, 0.05) is 13.1 Å². The van der Waals surface area contributed by atoms with Gasteiger partial charge in [0.25, 0.3) is 11.8 Å². The van der Waals surface area contributed by atoms with Gasteiger partial charge in [-0.1, -0.05) is 42.5 Å². The Morgan fingerprint density at radius 1 is 0.974 bits per heavy atom. The Balaban J connectivity index is 1.27. The molecule has 0 radical (unpaired) electrons. The molecule has 2 atom stereocenters. The summed E-state index contributed by atoms with van der Waals surface area (Å²) in [6, 6.07) is 15.4. The van der Waals surface area contributed by atoms with E-state index in [1.54, 1.807) is 24.3 Å². The van der Waals surface area contributed by atoms with Crippen LogP contribution in [0.4, 0.5) is 4.79 Å². The van der Waals surface area contributed by atoms with Crippen molar-refractivity contribution in [3.05, 3.63) is 71.3 Å². The zero-order valence-corrected chi connectivity index (χ0v) is 22.0. The van der Waals surface area contributed by atoms with Crippen molar-refractivity contribution in [3.8, 4) is 0 Å². The number of aliphatic hydroxyl groups is 1. The Labute approximate surface area is 227 Å². The lowest BCUT2D eigenvalue weighted by Gasteiger charge is -2.19. The number of amides is 3. The van der Waals surface area contributed by atoms with Crippen molar-refractivity contribution in [1.82, 2.24) is 15.5 Å². The van der Waals surface area contributed by atoms with Gasteiger partial charge in [0.05, 0.1) is 44.1 Å². The Morgan fingerprint density at radius 3 is 2.31 bits per heavy atom.